The average Bonchev–Trinajstić information content (AvgIpc) is 2.36. The Kier molecular flexibility index (Phi) is 7.64. The summed E-state index contributed by atoms with van der Waals surface area (Å²) >= 11 is 2.33. The second kappa shape index (κ2) is 8.46. The molecule has 116 valence electrons. The molecular formula is C15H28IN3O. The lowest BCUT2D eigenvalue weighted by Crippen LogP contribution is -2.47. The molecule has 0 aromatic rings. The van der Waals surface area contributed by atoms with E-state index in [0.717, 1.165) is 45.8 Å². The Morgan fingerprint density at radius 2 is 1.75 bits per heavy atom. The molecule has 0 unspecified atom stereocenters. The van der Waals surface area contributed by atoms with Gasteiger partial charge in [-0.2, -0.15) is 0 Å². The van der Waals surface area contributed by atoms with Crippen molar-refractivity contribution in [1.82, 2.24) is 12.9 Å². The third-order valence-electron chi connectivity index (χ3n) is 3.56. The van der Waals surface area contributed by atoms with Gasteiger partial charge in [0.25, 0.3) is 0 Å². The highest BCUT2D eigenvalue weighted by Crippen LogP contribution is 2.15. The van der Waals surface area contributed by atoms with Crippen molar-refractivity contribution < 1.29 is 4.79 Å². The van der Waals surface area contributed by atoms with E-state index in [1.807, 2.05) is 26.8 Å². The van der Waals surface area contributed by atoms with Crippen LogP contribution in [0, 0.1) is 5.41 Å². The first-order chi connectivity index (χ1) is 9.29. The van der Waals surface area contributed by atoms with Crippen molar-refractivity contribution in [2.45, 2.75) is 20.8 Å². The molecule has 1 aliphatic rings. The molecule has 5 heteroatoms. The zero-order chi connectivity index (χ0) is 15.2. The molecular weight excluding hydrogens is 365 g/mol. The number of ketones is 1. The first-order valence-electron chi connectivity index (χ1n) is 7.31. The highest BCUT2D eigenvalue weighted by molar-refractivity contribution is 14.1. The van der Waals surface area contributed by atoms with Gasteiger partial charge in [0.2, 0.25) is 0 Å². The van der Waals surface area contributed by atoms with Crippen molar-refractivity contribution in [2.75, 3.05) is 52.9 Å². The Morgan fingerprint density at radius 1 is 1.20 bits per heavy atom. The summed E-state index contributed by atoms with van der Waals surface area (Å²) in [6.07, 6.45) is 3.76. The van der Waals surface area contributed by atoms with Crippen LogP contribution >= 0.6 is 22.9 Å². The minimum Gasteiger partial charge on any atom is -0.299 e. The van der Waals surface area contributed by atoms with Crippen molar-refractivity contribution in [2.24, 2.45) is 5.41 Å². The average molecular weight is 393 g/mol. The van der Waals surface area contributed by atoms with Gasteiger partial charge in [-0.15, -0.1) is 0 Å². The van der Waals surface area contributed by atoms with Crippen LogP contribution in [0.1, 0.15) is 20.8 Å². The summed E-state index contributed by atoms with van der Waals surface area (Å²) in [4.78, 5) is 16.7. The standard InChI is InChI=1S/C15H28IN3O/c1-15(2,3)14(20)6-5-7-18-10-12-19(13-11-18)9-8-17(4)16/h5-6H,7-13H2,1-4H3/b6-5+. The lowest BCUT2D eigenvalue weighted by Gasteiger charge is -2.34. The van der Waals surface area contributed by atoms with Crippen LogP contribution in [0.5, 0.6) is 0 Å². The Morgan fingerprint density at radius 3 is 2.25 bits per heavy atom. The van der Waals surface area contributed by atoms with Crippen LogP contribution in [0.2, 0.25) is 0 Å². The summed E-state index contributed by atoms with van der Waals surface area (Å²) < 4.78 is 2.20. The second-order valence-electron chi connectivity index (χ2n) is 6.49. The lowest BCUT2D eigenvalue weighted by molar-refractivity contribution is -0.121. The van der Waals surface area contributed by atoms with Crippen LogP contribution in [0.15, 0.2) is 12.2 Å². The maximum absolute atomic E-state index is 11.8. The first-order valence-corrected chi connectivity index (χ1v) is 8.28. The van der Waals surface area contributed by atoms with Gasteiger partial charge in [-0.3, -0.25) is 14.6 Å². The van der Waals surface area contributed by atoms with E-state index in [-0.39, 0.29) is 11.2 Å². The summed E-state index contributed by atoms with van der Waals surface area (Å²) in [5.41, 5.74) is -0.263. The summed E-state index contributed by atoms with van der Waals surface area (Å²) in [6.45, 7) is 13.5. The number of allylic oxidation sites excluding steroid dienone is 1. The highest BCUT2D eigenvalue weighted by atomic mass is 127. The van der Waals surface area contributed by atoms with E-state index in [0.29, 0.717) is 0 Å². The quantitative estimate of drug-likeness (QED) is 0.392. The Labute approximate surface area is 137 Å². The van der Waals surface area contributed by atoms with Gasteiger partial charge in [-0.25, -0.2) is 3.11 Å². The number of hydrogen-bond acceptors (Lipinski definition) is 4. The number of carbonyl (C=O) groups is 1. The van der Waals surface area contributed by atoms with Crippen LogP contribution in [0.3, 0.4) is 0 Å². The van der Waals surface area contributed by atoms with Crippen molar-refractivity contribution in [3.05, 3.63) is 12.2 Å². The van der Waals surface area contributed by atoms with Crippen molar-refractivity contribution >= 4 is 28.6 Å². The largest absolute Gasteiger partial charge is 0.299 e. The molecule has 1 rings (SSSR count). The van der Waals surface area contributed by atoms with Crippen LogP contribution < -0.4 is 0 Å². The molecule has 0 N–H and O–H groups in total. The molecule has 0 aromatic carbocycles. The van der Waals surface area contributed by atoms with E-state index in [1.54, 1.807) is 6.08 Å². The van der Waals surface area contributed by atoms with Gasteiger partial charge in [0, 0.05) is 74.1 Å². The normalized spacial score (nSPS) is 19.1. The van der Waals surface area contributed by atoms with E-state index in [1.165, 1.54) is 0 Å². The Balaban J connectivity index is 2.23. The number of carbonyl (C=O) groups excluding carboxylic acids is 1. The number of halogens is 1. The predicted octanol–water partition coefficient (Wildman–Crippen LogP) is 2.06. The van der Waals surface area contributed by atoms with Gasteiger partial charge < -0.3 is 0 Å². The topological polar surface area (TPSA) is 26.8 Å². The summed E-state index contributed by atoms with van der Waals surface area (Å²) in [7, 11) is 2.10. The predicted molar refractivity (Wildman–Crippen MR) is 93.1 cm³/mol. The van der Waals surface area contributed by atoms with Crippen LogP contribution in [0.4, 0.5) is 0 Å². The van der Waals surface area contributed by atoms with Crippen LogP contribution in [-0.4, -0.2) is 71.6 Å². The molecule has 20 heavy (non-hydrogen) atoms. The molecule has 1 fully saturated rings. The van der Waals surface area contributed by atoms with E-state index < -0.39 is 0 Å². The van der Waals surface area contributed by atoms with Gasteiger partial charge in [-0.05, 0) is 13.1 Å². The number of likely N-dealkylation sites (N-methyl/N-ethyl adjacent to an activating group) is 1. The van der Waals surface area contributed by atoms with Crippen LogP contribution in [-0.2, 0) is 4.79 Å². The fraction of sp³-hybridized carbons (Fsp3) is 0.800. The van der Waals surface area contributed by atoms with Crippen molar-refractivity contribution in [1.29, 1.82) is 0 Å². The smallest absolute Gasteiger partial charge is 0.160 e. The van der Waals surface area contributed by atoms with Crippen molar-refractivity contribution in [3.63, 3.8) is 0 Å². The van der Waals surface area contributed by atoms with E-state index in [2.05, 4.69) is 42.8 Å². The molecule has 0 saturated carbocycles. The summed E-state index contributed by atoms with van der Waals surface area (Å²) in [5, 5.41) is 0. The van der Waals surface area contributed by atoms with E-state index in [9.17, 15) is 4.79 Å². The van der Waals surface area contributed by atoms with E-state index in [4.69, 9.17) is 0 Å². The maximum atomic E-state index is 11.8. The monoisotopic (exact) mass is 393 g/mol. The Bertz CT molecular complexity index is 329. The van der Waals surface area contributed by atoms with Gasteiger partial charge in [-0.1, -0.05) is 26.8 Å². The van der Waals surface area contributed by atoms with Crippen LogP contribution in [0.25, 0.3) is 0 Å². The summed E-state index contributed by atoms with van der Waals surface area (Å²) in [5.74, 6) is 0.209. The molecule has 1 aliphatic heterocycles. The first kappa shape index (κ1) is 18.1. The number of hydrogen-bond donors (Lipinski definition) is 0. The molecule has 0 atom stereocenters. The van der Waals surface area contributed by atoms with Gasteiger partial charge in [0.1, 0.15) is 0 Å². The molecule has 1 saturated heterocycles. The highest BCUT2D eigenvalue weighted by Gasteiger charge is 2.19. The minimum absolute atomic E-state index is 0.209. The molecule has 0 aromatic heterocycles. The molecule has 0 aliphatic carbocycles. The molecule has 0 radical (unpaired) electrons. The molecule has 0 bridgehead atoms. The molecule has 4 nitrogen and oxygen atoms in total. The Hall–Kier alpha value is 0.0200. The maximum Gasteiger partial charge on any atom is 0.160 e. The number of nitrogens with zero attached hydrogens (tertiary/aromatic N) is 3. The fourth-order valence-electron chi connectivity index (χ4n) is 2.03. The number of rotatable bonds is 6. The van der Waals surface area contributed by atoms with Gasteiger partial charge in [0.15, 0.2) is 5.78 Å². The van der Waals surface area contributed by atoms with E-state index >= 15 is 0 Å². The minimum atomic E-state index is -0.263. The zero-order valence-corrected chi connectivity index (χ0v) is 15.4. The third kappa shape index (κ3) is 7.15. The van der Waals surface area contributed by atoms with Gasteiger partial charge >= 0.3 is 0 Å². The van der Waals surface area contributed by atoms with Crippen molar-refractivity contribution in [3.8, 4) is 0 Å². The SMILES string of the molecule is CN(I)CCN1CCN(C/C=C/C(=O)C(C)(C)C)CC1. The fourth-order valence-corrected chi connectivity index (χ4v) is 2.25. The molecule has 0 spiro atoms. The lowest BCUT2D eigenvalue weighted by atomic mass is 9.91. The molecule has 1 heterocycles. The second-order valence-corrected chi connectivity index (χ2v) is 8.13. The summed E-state index contributed by atoms with van der Waals surface area (Å²) in [6, 6.07) is 0. The van der Waals surface area contributed by atoms with Gasteiger partial charge in [0.05, 0.1) is 0 Å². The number of piperazine rings is 1. The third-order valence-corrected chi connectivity index (χ3v) is 4.04. The molecule has 0 amide bonds. The zero-order valence-electron chi connectivity index (χ0n) is 13.2.